The van der Waals surface area contributed by atoms with Crippen LogP contribution in [-0.2, 0) is 16.1 Å². The standard InChI is InChI=1S/C26H35ClN2O4S/c1-18-6-11-34-23(18)15-28-9-10-33-26(16-28,14-24(31)29-7-4-21(30)5-8-29)17-32-22-12-19(2)25(27)20(3)13-22/h6,11-13,21,30H,4-5,7-10,14-17H2,1-3H3/t26-/m0/s1. The van der Waals surface area contributed by atoms with E-state index < -0.39 is 5.60 Å². The average Bonchev–Trinajstić information content (AvgIpc) is 3.21. The highest BCUT2D eigenvalue weighted by Crippen LogP contribution is 2.30. The number of hydrogen-bond acceptors (Lipinski definition) is 6. The van der Waals surface area contributed by atoms with E-state index in [1.54, 1.807) is 11.3 Å². The summed E-state index contributed by atoms with van der Waals surface area (Å²) in [6, 6.07) is 6.02. The summed E-state index contributed by atoms with van der Waals surface area (Å²) in [5.41, 5.74) is 2.49. The van der Waals surface area contributed by atoms with Crippen molar-refractivity contribution in [2.75, 3.05) is 39.4 Å². The Kier molecular flexibility index (Phi) is 8.20. The van der Waals surface area contributed by atoms with Crippen molar-refractivity contribution in [2.45, 2.75) is 58.3 Å². The van der Waals surface area contributed by atoms with E-state index >= 15 is 0 Å². The van der Waals surface area contributed by atoms with Gasteiger partial charge < -0.3 is 19.5 Å². The Balaban J connectivity index is 1.51. The van der Waals surface area contributed by atoms with Gasteiger partial charge in [0.05, 0.1) is 19.1 Å². The molecule has 1 aromatic heterocycles. The molecule has 0 spiro atoms. The third kappa shape index (κ3) is 6.13. The maximum Gasteiger partial charge on any atom is 0.225 e. The van der Waals surface area contributed by atoms with Crippen LogP contribution >= 0.6 is 22.9 Å². The van der Waals surface area contributed by atoms with Crippen LogP contribution < -0.4 is 4.74 Å². The summed E-state index contributed by atoms with van der Waals surface area (Å²) in [6.07, 6.45) is 1.20. The Morgan fingerprint density at radius 1 is 1.21 bits per heavy atom. The Hall–Kier alpha value is -1.64. The van der Waals surface area contributed by atoms with Crippen LogP contribution in [0.2, 0.25) is 5.02 Å². The Labute approximate surface area is 211 Å². The molecule has 2 fully saturated rings. The zero-order chi connectivity index (χ0) is 24.3. The Morgan fingerprint density at radius 2 is 1.91 bits per heavy atom. The highest BCUT2D eigenvalue weighted by molar-refractivity contribution is 7.10. The number of rotatable bonds is 7. The minimum atomic E-state index is -0.738. The van der Waals surface area contributed by atoms with Crippen molar-refractivity contribution in [1.82, 2.24) is 9.80 Å². The molecule has 1 N–H and O–H groups in total. The third-order valence-corrected chi connectivity index (χ3v) is 8.47. The number of carbonyl (C=O) groups excluding carboxylic acids is 1. The second-order valence-corrected chi connectivity index (χ2v) is 11.1. The van der Waals surface area contributed by atoms with Gasteiger partial charge in [0.15, 0.2) is 0 Å². The number of aliphatic hydroxyl groups is 1. The second kappa shape index (κ2) is 11.0. The summed E-state index contributed by atoms with van der Waals surface area (Å²) >= 11 is 8.11. The van der Waals surface area contributed by atoms with Crippen molar-refractivity contribution < 1.29 is 19.4 Å². The van der Waals surface area contributed by atoms with E-state index in [0.29, 0.717) is 39.1 Å². The molecule has 2 aliphatic rings. The number of benzene rings is 1. The van der Waals surface area contributed by atoms with Gasteiger partial charge in [-0.15, -0.1) is 11.3 Å². The molecule has 0 bridgehead atoms. The van der Waals surface area contributed by atoms with Gasteiger partial charge in [-0.1, -0.05) is 11.6 Å². The normalized spacial score (nSPS) is 22.2. The van der Waals surface area contributed by atoms with Crippen molar-refractivity contribution in [3.8, 4) is 5.75 Å². The van der Waals surface area contributed by atoms with Crippen molar-refractivity contribution >= 4 is 28.8 Å². The topological polar surface area (TPSA) is 62.2 Å². The molecular formula is C26H35ClN2O4S. The molecule has 2 aliphatic heterocycles. The van der Waals surface area contributed by atoms with Gasteiger partial charge in [-0.25, -0.2) is 0 Å². The monoisotopic (exact) mass is 506 g/mol. The Morgan fingerprint density at radius 3 is 2.56 bits per heavy atom. The van der Waals surface area contributed by atoms with Crippen molar-refractivity contribution in [3.05, 3.63) is 50.2 Å². The van der Waals surface area contributed by atoms with Gasteiger partial charge in [-0.05, 0) is 73.9 Å². The molecular weight excluding hydrogens is 472 g/mol. The lowest BCUT2D eigenvalue weighted by atomic mass is 9.95. The van der Waals surface area contributed by atoms with Gasteiger partial charge in [0.2, 0.25) is 5.91 Å². The van der Waals surface area contributed by atoms with E-state index in [4.69, 9.17) is 21.1 Å². The molecule has 0 saturated carbocycles. The quantitative estimate of drug-likeness (QED) is 0.605. The number of thiophene rings is 1. The van der Waals surface area contributed by atoms with Crippen molar-refractivity contribution in [1.29, 1.82) is 0 Å². The lowest BCUT2D eigenvalue weighted by Crippen LogP contribution is -2.57. The number of carbonyl (C=O) groups is 1. The number of hydrogen-bond donors (Lipinski definition) is 1. The van der Waals surface area contributed by atoms with Gasteiger partial charge in [0, 0.05) is 42.6 Å². The van der Waals surface area contributed by atoms with E-state index in [1.165, 1.54) is 10.4 Å². The molecule has 2 aromatic rings. The van der Waals surface area contributed by atoms with Crippen LogP contribution in [0.1, 0.15) is 40.8 Å². The summed E-state index contributed by atoms with van der Waals surface area (Å²) in [5, 5.41) is 12.7. The number of amides is 1. The smallest absolute Gasteiger partial charge is 0.225 e. The minimum Gasteiger partial charge on any atom is -0.490 e. The fraction of sp³-hybridized carbons (Fsp3) is 0.577. The summed E-state index contributed by atoms with van der Waals surface area (Å²) in [5.74, 6) is 0.801. The molecule has 2 saturated heterocycles. The molecule has 0 unspecified atom stereocenters. The van der Waals surface area contributed by atoms with Crippen LogP contribution in [0.4, 0.5) is 0 Å². The number of piperidine rings is 1. The largest absolute Gasteiger partial charge is 0.490 e. The van der Waals surface area contributed by atoms with E-state index in [9.17, 15) is 9.90 Å². The van der Waals surface area contributed by atoms with Crippen LogP contribution in [0.5, 0.6) is 5.75 Å². The van der Waals surface area contributed by atoms with Gasteiger partial charge in [-0.2, -0.15) is 0 Å². The third-order valence-electron chi connectivity index (χ3n) is 6.87. The number of aryl methyl sites for hydroxylation is 3. The highest BCUT2D eigenvalue weighted by atomic mass is 35.5. The summed E-state index contributed by atoms with van der Waals surface area (Å²) < 4.78 is 12.6. The van der Waals surface area contributed by atoms with Gasteiger partial charge in [0.1, 0.15) is 18.0 Å². The number of morpholine rings is 1. The van der Waals surface area contributed by atoms with Crippen molar-refractivity contribution in [3.63, 3.8) is 0 Å². The number of ether oxygens (including phenoxy) is 2. The predicted molar refractivity (Wildman–Crippen MR) is 136 cm³/mol. The van der Waals surface area contributed by atoms with Gasteiger partial charge >= 0.3 is 0 Å². The predicted octanol–water partition coefficient (Wildman–Crippen LogP) is 4.35. The molecule has 3 heterocycles. The first-order valence-corrected chi connectivity index (χ1v) is 13.3. The number of likely N-dealkylation sites (tertiary alicyclic amines) is 1. The van der Waals surface area contributed by atoms with Crippen LogP contribution in [0.3, 0.4) is 0 Å². The Bertz CT molecular complexity index is 981. The fourth-order valence-electron chi connectivity index (χ4n) is 4.78. The first kappa shape index (κ1) is 25.5. The van der Waals surface area contributed by atoms with Gasteiger partial charge in [0.25, 0.3) is 0 Å². The van der Waals surface area contributed by atoms with E-state index in [1.807, 2.05) is 30.9 Å². The zero-order valence-electron chi connectivity index (χ0n) is 20.3. The fourth-order valence-corrected chi connectivity index (χ4v) is 5.84. The summed E-state index contributed by atoms with van der Waals surface area (Å²) in [7, 11) is 0. The average molecular weight is 507 g/mol. The highest BCUT2D eigenvalue weighted by Gasteiger charge is 2.41. The second-order valence-electron chi connectivity index (χ2n) is 9.72. The summed E-state index contributed by atoms with van der Waals surface area (Å²) in [4.78, 5) is 18.9. The van der Waals surface area contributed by atoms with Gasteiger partial charge in [-0.3, -0.25) is 9.69 Å². The summed E-state index contributed by atoms with van der Waals surface area (Å²) in [6.45, 7) is 10.4. The molecule has 34 heavy (non-hydrogen) atoms. The molecule has 0 radical (unpaired) electrons. The number of halogens is 1. The lowest BCUT2D eigenvalue weighted by molar-refractivity contribution is -0.158. The van der Waals surface area contributed by atoms with Crippen LogP contribution in [0.25, 0.3) is 0 Å². The molecule has 0 aliphatic carbocycles. The molecule has 1 aromatic carbocycles. The molecule has 1 atom stereocenters. The number of nitrogens with zero attached hydrogens (tertiary/aromatic N) is 2. The first-order chi connectivity index (χ1) is 16.2. The van der Waals surface area contributed by atoms with Crippen LogP contribution in [-0.4, -0.2) is 71.9 Å². The van der Waals surface area contributed by atoms with Crippen LogP contribution in [0, 0.1) is 20.8 Å². The molecule has 1 amide bonds. The van der Waals surface area contributed by atoms with Crippen molar-refractivity contribution in [2.24, 2.45) is 0 Å². The molecule has 8 heteroatoms. The number of aliphatic hydroxyl groups excluding tert-OH is 1. The SMILES string of the molecule is Cc1ccsc1CN1CCO[C@@](COc2cc(C)c(Cl)c(C)c2)(CC(=O)N2CCC(O)CC2)C1. The lowest BCUT2D eigenvalue weighted by Gasteiger charge is -2.43. The maximum atomic E-state index is 13.3. The maximum absolute atomic E-state index is 13.3. The molecule has 6 nitrogen and oxygen atoms in total. The molecule has 4 rings (SSSR count). The van der Waals surface area contributed by atoms with E-state index in [2.05, 4.69) is 23.3 Å². The van der Waals surface area contributed by atoms with E-state index in [-0.39, 0.29) is 25.0 Å². The van der Waals surface area contributed by atoms with Crippen LogP contribution in [0.15, 0.2) is 23.6 Å². The van der Waals surface area contributed by atoms with E-state index in [0.717, 1.165) is 35.0 Å². The minimum absolute atomic E-state index is 0.0631. The zero-order valence-corrected chi connectivity index (χ0v) is 21.9. The molecule has 186 valence electrons. The first-order valence-electron chi connectivity index (χ1n) is 12.0.